The largest absolute Gasteiger partial charge is 0.366 e. The number of rotatable bonds is 4. The van der Waals surface area contributed by atoms with Crippen molar-refractivity contribution in [1.82, 2.24) is 9.21 Å². The van der Waals surface area contributed by atoms with Crippen molar-refractivity contribution in [2.45, 2.75) is 17.5 Å². The van der Waals surface area contributed by atoms with Crippen molar-refractivity contribution in [3.63, 3.8) is 0 Å². The summed E-state index contributed by atoms with van der Waals surface area (Å²) < 4.78 is 26.2. The molecule has 1 atom stereocenters. The highest BCUT2D eigenvalue weighted by molar-refractivity contribution is 8.93. The molecule has 164 valence electrons. The summed E-state index contributed by atoms with van der Waals surface area (Å²) in [7, 11) is 0.834. The van der Waals surface area contributed by atoms with E-state index in [-0.39, 0.29) is 32.7 Å². The highest BCUT2D eigenvalue weighted by Crippen LogP contribution is 2.40. The van der Waals surface area contributed by atoms with Crippen LogP contribution in [0.4, 0.5) is 5.69 Å². The van der Waals surface area contributed by atoms with Crippen LogP contribution < -0.4 is 0 Å². The summed E-state index contributed by atoms with van der Waals surface area (Å²) in [6.45, 7) is 1.90. The number of halogens is 3. The van der Waals surface area contributed by atoms with Crippen LogP contribution in [0.1, 0.15) is 11.1 Å². The molecule has 0 spiro atoms. The fourth-order valence-corrected chi connectivity index (χ4v) is 5.57. The first-order valence-electron chi connectivity index (χ1n) is 8.63. The van der Waals surface area contributed by atoms with Gasteiger partial charge in [0.1, 0.15) is 4.90 Å². The molecule has 0 aromatic heterocycles. The normalized spacial score (nSPS) is 20.7. The van der Waals surface area contributed by atoms with Crippen LogP contribution in [0.25, 0.3) is 0 Å². The molecule has 11 heteroatoms. The van der Waals surface area contributed by atoms with Crippen molar-refractivity contribution < 1.29 is 13.5 Å². The van der Waals surface area contributed by atoms with Crippen LogP contribution in [0.5, 0.6) is 0 Å². The minimum absolute atomic E-state index is 0. The van der Waals surface area contributed by atoms with Gasteiger partial charge in [-0.05, 0) is 42.8 Å². The van der Waals surface area contributed by atoms with Gasteiger partial charge in [0.25, 0.3) is 0 Å². The number of amidine groups is 1. The first-order chi connectivity index (χ1) is 13.5. The smallest absolute Gasteiger partial charge is 0.244 e. The summed E-state index contributed by atoms with van der Waals surface area (Å²) in [5, 5.41) is 12.7. The number of thioether (sulfide) groups is 1. The van der Waals surface area contributed by atoms with Gasteiger partial charge < -0.3 is 10.0 Å². The van der Waals surface area contributed by atoms with Gasteiger partial charge in [-0.15, -0.1) is 17.0 Å². The molecular weight excluding hydrogens is 533 g/mol. The first-order valence-corrected chi connectivity index (χ1v) is 11.8. The number of aliphatic imine (C=N–C) groups is 1. The number of sulfonamides is 1. The van der Waals surface area contributed by atoms with Crippen LogP contribution in [0.15, 0.2) is 46.3 Å². The van der Waals surface area contributed by atoms with Gasteiger partial charge >= 0.3 is 0 Å². The molecule has 1 fully saturated rings. The third-order valence-electron chi connectivity index (χ3n) is 4.76. The zero-order valence-corrected chi connectivity index (χ0v) is 21.6. The summed E-state index contributed by atoms with van der Waals surface area (Å²) in [5.74, 6) is 0.290. The summed E-state index contributed by atoms with van der Waals surface area (Å²) in [6, 6.07) is 9.98. The van der Waals surface area contributed by atoms with Crippen LogP contribution in [0.2, 0.25) is 10.0 Å². The van der Waals surface area contributed by atoms with E-state index in [9.17, 15) is 13.5 Å². The summed E-state index contributed by atoms with van der Waals surface area (Å²) >= 11 is 13.6. The molecule has 0 bridgehead atoms. The molecule has 1 aliphatic rings. The third kappa shape index (κ3) is 4.67. The van der Waals surface area contributed by atoms with Crippen LogP contribution >= 0.6 is 51.9 Å². The van der Waals surface area contributed by atoms with Gasteiger partial charge in [0.05, 0.1) is 16.5 Å². The van der Waals surface area contributed by atoms with Gasteiger partial charge in [-0.2, -0.15) is 0 Å². The zero-order chi connectivity index (χ0) is 21.6. The zero-order valence-electron chi connectivity index (χ0n) is 16.8. The second-order valence-corrected chi connectivity index (χ2v) is 10.8. The van der Waals surface area contributed by atoms with Crippen LogP contribution in [0.3, 0.4) is 0 Å². The number of aliphatic hydroxyl groups is 1. The molecule has 1 heterocycles. The molecule has 1 saturated heterocycles. The lowest BCUT2D eigenvalue weighted by Gasteiger charge is -2.31. The Bertz CT molecular complexity index is 1100. The Kier molecular flexibility index (Phi) is 7.94. The van der Waals surface area contributed by atoms with E-state index >= 15 is 0 Å². The topological polar surface area (TPSA) is 73.2 Å². The lowest BCUT2D eigenvalue weighted by Crippen LogP contribution is -2.42. The minimum atomic E-state index is -3.75. The van der Waals surface area contributed by atoms with Crippen LogP contribution in [-0.4, -0.2) is 54.8 Å². The average Bonchev–Trinajstić information content (AvgIpc) is 2.94. The van der Waals surface area contributed by atoms with Crippen molar-refractivity contribution in [2.24, 2.45) is 4.99 Å². The third-order valence-corrected chi connectivity index (χ3v) is 8.65. The number of hydrogen-bond acceptors (Lipinski definition) is 5. The van der Waals surface area contributed by atoms with E-state index < -0.39 is 15.7 Å². The maximum atomic E-state index is 12.6. The summed E-state index contributed by atoms with van der Waals surface area (Å²) in [6.07, 6.45) is 0. The van der Waals surface area contributed by atoms with Gasteiger partial charge in [0, 0.05) is 31.7 Å². The van der Waals surface area contributed by atoms with Gasteiger partial charge in [0.2, 0.25) is 10.0 Å². The minimum Gasteiger partial charge on any atom is -0.366 e. The van der Waals surface area contributed by atoms with E-state index in [0.29, 0.717) is 15.8 Å². The van der Waals surface area contributed by atoms with E-state index in [1.807, 2.05) is 13.0 Å². The number of hydrogen-bond donors (Lipinski definition) is 1. The number of aryl methyl sites for hydroxylation is 1. The molecule has 2 aromatic carbocycles. The molecule has 1 aliphatic heterocycles. The lowest BCUT2D eigenvalue weighted by molar-refractivity contribution is -0.0349. The fourth-order valence-electron chi connectivity index (χ4n) is 2.86. The van der Waals surface area contributed by atoms with Gasteiger partial charge in [0.15, 0.2) is 10.9 Å². The Balaban J connectivity index is 0.00000320. The Morgan fingerprint density at radius 1 is 1.17 bits per heavy atom. The van der Waals surface area contributed by atoms with E-state index in [1.54, 1.807) is 30.1 Å². The van der Waals surface area contributed by atoms with Gasteiger partial charge in [-0.3, -0.25) is 0 Å². The molecule has 0 saturated carbocycles. The Morgan fingerprint density at radius 3 is 2.40 bits per heavy atom. The van der Waals surface area contributed by atoms with Crippen molar-refractivity contribution in [2.75, 3.05) is 26.9 Å². The monoisotopic (exact) mass is 553 g/mol. The predicted octanol–water partition coefficient (Wildman–Crippen LogP) is 4.64. The predicted molar refractivity (Wildman–Crippen MR) is 130 cm³/mol. The molecular formula is C19H22BrCl2N3O3S2. The van der Waals surface area contributed by atoms with Crippen molar-refractivity contribution >= 4 is 72.8 Å². The summed E-state index contributed by atoms with van der Waals surface area (Å²) in [4.78, 5) is 6.20. The highest BCUT2D eigenvalue weighted by atomic mass is 79.9. The van der Waals surface area contributed by atoms with Crippen LogP contribution in [0, 0.1) is 6.92 Å². The molecule has 0 radical (unpaired) electrons. The average molecular weight is 555 g/mol. The second kappa shape index (κ2) is 9.36. The SMILES string of the molecule is Br.Cc1cc(/N=C2/SCC(O)(c3ccc(Cl)c(S(=O)(=O)N(C)C)c3)N2C)ccc1Cl. The van der Waals surface area contributed by atoms with Gasteiger partial charge in [-0.25, -0.2) is 17.7 Å². The second-order valence-electron chi connectivity index (χ2n) is 6.92. The lowest BCUT2D eigenvalue weighted by atomic mass is 10.0. The van der Waals surface area contributed by atoms with Gasteiger partial charge in [-0.1, -0.05) is 41.0 Å². The molecule has 6 nitrogen and oxygen atoms in total. The summed E-state index contributed by atoms with van der Waals surface area (Å²) in [5.41, 5.74) is 0.629. The van der Waals surface area contributed by atoms with Crippen molar-refractivity contribution in [1.29, 1.82) is 0 Å². The fraction of sp³-hybridized carbons (Fsp3) is 0.316. The Hall–Kier alpha value is -0.810. The van der Waals surface area contributed by atoms with E-state index in [1.165, 1.54) is 38.0 Å². The Labute approximate surface area is 201 Å². The molecule has 0 aliphatic carbocycles. The number of nitrogens with zero attached hydrogens (tertiary/aromatic N) is 3. The van der Waals surface area contributed by atoms with E-state index in [4.69, 9.17) is 23.2 Å². The maximum absolute atomic E-state index is 12.6. The Morgan fingerprint density at radius 2 is 1.80 bits per heavy atom. The number of benzene rings is 2. The van der Waals surface area contributed by atoms with Crippen LogP contribution in [-0.2, 0) is 15.7 Å². The maximum Gasteiger partial charge on any atom is 0.244 e. The standard InChI is InChI=1S/C19H21Cl2N3O3S2.BrH/c1-12-9-14(6-8-15(12)20)22-18-24(4)19(25,11-28-18)13-5-7-16(21)17(10-13)29(26,27)23(2)3;/h5-10,25H,11H2,1-4H3;1H/b22-18+;. The molecule has 1 N–H and O–H groups in total. The van der Waals surface area contributed by atoms with Crippen molar-refractivity contribution in [3.8, 4) is 0 Å². The first kappa shape index (κ1) is 25.5. The molecule has 30 heavy (non-hydrogen) atoms. The van der Waals surface area contributed by atoms with E-state index in [2.05, 4.69) is 4.99 Å². The molecule has 3 rings (SSSR count). The van der Waals surface area contributed by atoms with Crippen molar-refractivity contribution in [3.05, 3.63) is 57.6 Å². The molecule has 2 aromatic rings. The molecule has 1 unspecified atom stereocenters. The highest BCUT2D eigenvalue weighted by Gasteiger charge is 2.43. The molecule has 0 amide bonds. The van der Waals surface area contributed by atoms with E-state index in [0.717, 1.165) is 15.6 Å². The quantitative estimate of drug-likeness (QED) is 0.596.